The lowest BCUT2D eigenvalue weighted by molar-refractivity contribution is 0.239. The molecule has 1 saturated heterocycles. The summed E-state index contributed by atoms with van der Waals surface area (Å²) in [6.07, 6.45) is 5.41. The first kappa shape index (κ1) is 15.7. The molecular weight excluding hydrogens is 318 g/mol. The Kier molecular flexibility index (Phi) is 3.93. The minimum Gasteiger partial charge on any atom is -0.309 e. The van der Waals surface area contributed by atoms with Crippen LogP contribution in [0, 0.1) is 0 Å². The van der Waals surface area contributed by atoms with E-state index < -0.39 is 0 Å². The summed E-state index contributed by atoms with van der Waals surface area (Å²) in [5.41, 5.74) is 1.33. The number of H-pyrrole nitrogens is 1. The van der Waals surface area contributed by atoms with E-state index in [1.54, 1.807) is 25.5 Å². The Morgan fingerprint density at radius 3 is 2.96 bits per heavy atom. The molecule has 0 spiro atoms. The van der Waals surface area contributed by atoms with Crippen LogP contribution in [0.4, 0.5) is 0 Å². The van der Waals surface area contributed by atoms with Crippen LogP contribution >= 0.6 is 0 Å². The molecule has 7 nitrogen and oxygen atoms in total. The quantitative estimate of drug-likeness (QED) is 0.780. The van der Waals surface area contributed by atoms with E-state index in [1.807, 2.05) is 18.2 Å². The van der Waals surface area contributed by atoms with Gasteiger partial charge in [-0.1, -0.05) is 12.1 Å². The van der Waals surface area contributed by atoms with Crippen molar-refractivity contribution in [2.45, 2.75) is 25.4 Å². The first-order valence-corrected chi connectivity index (χ1v) is 8.36. The number of likely N-dealkylation sites (tertiary alicyclic amines) is 1. The maximum Gasteiger partial charge on any atom is 0.347 e. The summed E-state index contributed by atoms with van der Waals surface area (Å²) in [7, 11) is 1.70. The van der Waals surface area contributed by atoms with Crippen LogP contribution in [-0.4, -0.2) is 31.0 Å². The van der Waals surface area contributed by atoms with Crippen molar-refractivity contribution < 1.29 is 0 Å². The fraction of sp³-hybridized carbons (Fsp3) is 0.333. The molecule has 1 atom stereocenters. The van der Waals surface area contributed by atoms with Crippen molar-refractivity contribution in [3.05, 3.63) is 68.9 Å². The molecule has 0 radical (unpaired) electrons. The van der Waals surface area contributed by atoms with Crippen molar-refractivity contribution in [2.24, 2.45) is 7.05 Å². The molecule has 4 rings (SSSR count). The molecule has 3 aromatic rings. The molecule has 1 fully saturated rings. The highest BCUT2D eigenvalue weighted by Crippen LogP contribution is 2.31. The minimum absolute atomic E-state index is 0.0644. The summed E-state index contributed by atoms with van der Waals surface area (Å²) in [5.74, 6) is 0.707. The summed E-state index contributed by atoms with van der Waals surface area (Å²) in [6, 6.07) is 7.45. The number of aromatic amines is 1. The van der Waals surface area contributed by atoms with E-state index in [9.17, 15) is 9.59 Å². The monoisotopic (exact) mass is 337 g/mol. The minimum atomic E-state index is -0.262. The third-order valence-corrected chi connectivity index (χ3v) is 4.70. The van der Waals surface area contributed by atoms with E-state index >= 15 is 0 Å². The Morgan fingerprint density at radius 1 is 1.28 bits per heavy atom. The zero-order valence-electron chi connectivity index (χ0n) is 14.0. The van der Waals surface area contributed by atoms with E-state index in [-0.39, 0.29) is 17.3 Å². The zero-order valence-corrected chi connectivity index (χ0v) is 14.0. The Bertz CT molecular complexity index is 1040. The third kappa shape index (κ3) is 2.98. The van der Waals surface area contributed by atoms with Crippen molar-refractivity contribution in [3.8, 4) is 0 Å². The van der Waals surface area contributed by atoms with Crippen molar-refractivity contribution in [1.29, 1.82) is 0 Å². The standard InChI is InChI=1S/C18H19N5O2/c1-22-10-12(9-19-18(22)25)11-23-8-4-7-15(23)16-20-14-6-3-2-5-13(14)17(24)21-16/h2-3,5-6,9-10,15H,4,7-8,11H2,1H3,(H,20,21,24). The number of hydrogen-bond donors (Lipinski definition) is 1. The Balaban J connectivity index is 1.66. The van der Waals surface area contributed by atoms with Gasteiger partial charge in [-0.15, -0.1) is 0 Å². The Hall–Kier alpha value is -2.80. The summed E-state index contributed by atoms with van der Waals surface area (Å²) in [6.45, 7) is 1.59. The molecule has 128 valence electrons. The number of aryl methyl sites for hydroxylation is 1. The Morgan fingerprint density at radius 2 is 2.12 bits per heavy atom. The van der Waals surface area contributed by atoms with Crippen LogP contribution in [0.1, 0.15) is 30.3 Å². The van der Waals surface area contributed by atoms with Gasteiger partial charge < -0.3 is 9.55 Å². The Labute approximate surface area is 144 Å². The predicted molar refractivity (Wildman–Crippen MR) is 94.2 cm³/mol. The van der Waals surface area contributed by atoms with Gasteiger partial charge in [-0.3, -0.25) is 9.69 Å². The molecule has 7 heteroatoms. The highest BCUT2D eigenvalue weighted by atomic mass is 16.1. The molecule has 0 saturated carbocycles. The second-order valence-electron chi connectivity index (χ2n) is 6.45. The molecule has 1 aromatic carbocycles. The molecule has 1 unspecified atom stereocenters. The second-order valence-corrected chi connectivity index (χ2v) is 6.45. The van der Waals surface area contributed by atoms with Gasteiger partial charge in [-0.25, -0.2) is 14.8 Å². The number of rotatable bonds is 3. The number of para-hydroxylation sites is 1. The first-order chi connectivity index (χ1) is 12.1. The topological polar surface area (TPSA) is 83.9 Å². The molecule has 0 bridgehead atoms. The van der Waals surface area contributed by atoms with Crippen LogP contribution in [0.25, 0.3) is 10.9 Å². The van der Waals surface area contributed by atoms with Gasteiger partial charge in [0.05, 0.1) is 16.9 Å². The predicted octanol–water partition coefficient (Wildman–Crippen LogP) is 1.35. The average molecular weight is 337 g/mol. The molecule has 1 aliphatic rings. The number of benzene rings is 1. The van der Waals surface area contributed by atoms with Crippen LogP contribution in [0.5, 0.6) is 0 Å². The van der Waals surface area contributed by atoms with Crippen molar-refractivity contribution in [1.82, 2.24) is 24.4 Å². The highest BCUT2D eigenvalue weighted by molar-refractivity contribution is 5.77. The maximum atomic E-state index is 12.3. The number of nitrogens with one attached hydrogen (secondary N) is 1. The molecule has 3 heterocycles. The normalized spacial score (nSPS) is 18.0. The van der Waals surface area contributed by atoms with Gasteiger partial charge in [0.2, 0.25) is 0 Å². The van der Waals surface area contributed by atoms with E-state index in [2.05, 4.69) is 19.9 Å². The van der Waals surface area contributed by atoms with Crippen LogP contribution in [-0.2, 0) is 13.6 Å². The van der Waals surface area contributed by atoms with Gasteiger partial charge in [0.1, 0.15) is 5.82 Å². The molecule has 1 aliphatic heterocycles. The number of hydrogen-bond acceptors (Lipinski definition) is 5. The van der Waals surface area contributed by atoms with Gasteiger partial charge in [0.15, 0.2) is 0 Å². The molecule has 25 heavy (non-hydrogen) atoms. The smallest absolute Gasteiger partial charge is 0.309 e. The molecule has 0 amide bonds. The molecular formula is C18H19N5O2. The highest BCUT2D eigenvalue weighted by Gasteiger charge is 2.28. The zero-order chi connectivity index (χ0) is 17.4. The first-order valence-electron chi connectivity index (χ1n) is 8.36. The van der Waals surface area contributed by atoms with Gasteiger partial charge in [0.25, 0.3) is 5.56 Å². The summed E-state index contributed by atoms with van der Waals surface area (Å²) < 4.78 is 1.48. The molecule has 0 aliphatic carbocycles. The van der Waals surface area contributed by atoms with Gasteiger partial charge in [-0.05, 0) is 31.5 Å². The maximum absolute atomic E-state index is 12.3. The van der Waals surface area contributed by atoms with E-state index in [4.69, 9.17) is 0 Å². The van der Waals surface area contributed by atoms with E-state index in [0.717, 1.165) is 30.5 Å². The van der Waals surface area contributed by atoms with Crippen LogP contribution in [0.3, 0.4) is 0 Å². The SMILES string of the molecule is Cn1cc(CN2CCCC2c2nc3ccccc3c(=O)[nH]2)cnc1=O. The fourth-order valence-corrected chi connectivity index (χ4v) is 3.47. The van der Waals surface area contributed by atoms with Crippen molar-refractivity contribution in [2.75, 3.05) is 6.54 Å². The summed E-state index contributed by atoms with van der Waals surface area (Å²) >= 11 is 0. The van der Waals surface area contributed by atoms with Gasteiger partial charge in [-0.2, -0.15) is 0 Å². The van der Waals surface area contributed by atoms with Crippen molar-refractivity contribution >= 4 is 10.9 Å². The number of nitrogens with zero attached hydrogens (tertiary/aromatic N) is 4. The van der Waals surface area contributed by atoms with Crippen LogP contribution in [0.15, 0.2) is 46.2 Å². The second kappa shape index (κ2) is 6.25. The van der Waals surface area contributed by atoms with Crippen molar-refractivity contribution in [3.63, 3.8) is 0 Å². The lowest BCUT2D eigenvalue weighted by Crippen LogP contribution is -2.27. The third-order valence-electron chi connectivity index (χ3n) is 4.70. The largest absolute Gasteiger partial charge is 0.347 e. The molecule has 1 N–H and O–H groups in total. The lowest BCUT2D eigenvalue weighted by atomic mass is 10.1. The van der Waals surface area contributed by atoms with Gasteiger partial charge >= 0.3 is 5.69 Å². The lowest BCUT2D eigenvalue weighted by Gasteiger charge is -2.23. The van der Waals surface area contributed by atoms with Crippen LogP contribution < -0.4 is 11.2 Å². The van der Waals surface area contributed by atoms with Crippen LogP contribution in [0.2, 0.25) is 0 Å². The number of fused-ring (bicyclic) bond motifs is 1. The van der Waals surface area contributed by atoms with E-state index in [1.165, 1.54) is 4.57 Å². The number of aromatic nitrogens is 4. The molecule has 2 aromatic heterocycles. The average Bonchev–Trinajstić information content (AvgIpc) is 3.06. The summed E-state index contributed by atoms with van der Waals surface area (Å²) in [5, 5.41) is 0.609. The van der Waals surface area contributed by atoms with E-state index in [0.29, 0.717) is 17.8 Å². The van der Waals surface area contributed by atoms with Gasteiger partial charge in [0, 0.05) is 31.5 Å². The summed E-state index contributed by atoms with van der Waals surface area (Å²) in [4.78, 5) is 37.6. The fourth-order valence-electron chi connectivity index (χ4n) is 3.47.